The molecule has 2 nitrogen and oxygen atoms in total. The Labute approximate surface area is 68.1 Å². The molecule has 1 unspecified atom stereocenters. The Bertz CT molecular complexity index is 172. The van der Waals surface area contributed by atoms with Gasteiger partial charge < -0.3 is 10.1 Å². The van der Waals surface area contributed by atoms with Crippen LogP contribution >= 0.6 is 0 Å². The van der Waals surface area contributed by atoms with Crippen LogP contribution in [-0.2, 0) is 4.74 Å². The standard InChI is InChI=1S/C9H15NO/c1-5-9(7(3)10)8(4)11-6-2/h6,9-10H,2,4-5H2,1,3H3. The van der Waals surface area contributed by atoms with Crippen molar-refractivity contribution in [1.82, 2.24) is 0 Å². The first-order valence-corrected chi connectivity index (χ1v) is 3.64. The first-order chi connectivity index (χ1) is 5.13. The van der Waals surface area contributed by atoms with E-state index in [0.29, 0.717) is 11.5 Å². The van der Waals surface area contributed by atoms with Crippen LogP contribution in [0.4, 0.5) is 0 Å². The number of nitrogens with one attached hydrogen (secondary N) is 1. The van der Waals surface area contributed by atoms with Gasteiger partial charge in [0.1, 0.15) is 5.76 Å². The van der Waals surface area contributed by atoms with Crippen molar-refractivity contribution in [3.63, 3.8) is 0 Å². The lowest BCUT2D eigenvalue weighted by Crippen LogP contribution is -2.11. The minimum absolute atomic E-state index is 0.0352. The summed E-state index contributed by atoms with van der Waals surface area (Å²) < 4.78 is 4.98. The van der Waals surface area contributed by atoms with Crippen LogP contribution in [0.15, 0.2) is 25.2 Å². The van der Waals surface area contributed by atoms with Crippen LogP contribution in [-0.4, -0.2) is 5.71 Å². The maximum Gasteiger partial charge on any atom is 0.105 e. The van der Waals surface area contributed by atoms with E-state index in [2.05, 4.69) is 13.2 Å². The zero-order valence-electron chi connectivity index (χ0n) is 7.18. The number of hydrogen-bond acceptors (Lipinski definition) is 2. The average Bonchev–Trinajstić information content (AvgIpc) is 1.88. The lowest BCUT2D eigenvalue weighted by atomic mass is 10.00. The summed E-state index contributed by atoms with van der Waals surface area (Å²) in [4.78, 5) is 0. The molecule has 11 heavy (non-hydrogen) atoms. The molecule has 0 heterocycles. The molecule has 62 valence electrons. The molecular formula is C9H15NO. The van der Waals surface area contributed by atoms with Crippen molar-refractivity contribution in [2.45, 2.75) is 20.3 Å². The molecule has 1 atom stereocenters. The number of rotatable bonds is 5. The SMILES string of the molecule is C=COC(=C)C(CC)C(C)=N. The maximum atomic E-state index is 7.39. The van der Waals surface area contributed by atoms with Crippen LogP contribution in [0.3, 0.4) is 0 Å². The summed E-state index contributed by atoms with van der Waals surface area (Å²) in [5.41, 5.74) is 0.583. The van der Waals surface area contributed by atoms with Crippen LogP contribution in [0.25, 0.3) is 0 Å². The van der Waals surface area contributed by atoms with E-state index in [1.807, 2.05) is 6.92 Å². The first kappa shape index (κ1) is 9.95. The first-order valence-electron chi connectivity index (χ1n) is 3.64. The van der Waals surface area contributed by atoms with Crippen molar-refractivity contribution in [2.24, 2.45) is 5.92 Å². The summed E-state index contributed by atoms with van der Waals surface area (Å²) >= 11 is 0. The largest absolute Gasteiger partial charge is 0.470 e. The predicted octanol–water partition coefficient (Wildman–Crippen LogP) is 2.73. The van der Waals surface area contributed by atoms with E-state index < -0.39 is 0 Å². The number of hydrogen-bond donors (Lipinski definition) is 1. The van der Waals surface area contributed by atoms with Gasteiger partial charge in [0.25, 0.3) is 0 Å². The Morgan fingerprint density at radius 2 is 2.27 bits per heavy atom. The second kappa shape index (κ2) is 4.72. The normalized spacial score (nSPS) is 11.8. The molecule has 1 N–H and O–H groups in total. The molecule has 2 heteroatoms. The third-order valence-electron chi connectivity index (χ3n) is 1.55. The van der Waals surface area contributed by atoms with Crippen molar-refractivity contribution >= 4 is 5.71 Å². The van der Waals surface area contributed by atoms with E-state index >= 15 is 0 Å². The summed E-state index contributed by atoms with van der Waals surface area (Å²) in [5.74, 6) is 0.642. The fraction of sp³-hybridized carbons (Fsp3) is 0.444. The molecule has 0 saturated carbocycles. The van der Waals surface area contributed by atoms with Gasteiger partial charge in [0.15, 0.2) is 0 Å². The minimum Gasteiger partial charge on any atom is -0.470 e. The van der Waals surface area contributed by atoms with Gasteiger partial charge in [-0.2, -0.15) is 0 Å². The summed E-state index contributed by atoms with van der Waals surface area (Å²) in [6, 6.07) is 0. The van der Waals surface area contributed by atoms with Crippen LogP contribution < -0.4 is 0 Å². The molecule has 0 rings (SSSR count). The van der Waals surface area contributed by atoms with Crippen molar-refractivity contribution in [3.8, 4) is 0 Å². The zero-order chi connectivity index (χ0) is 8.85. The molecule has 0 aromatic heterocycles. The van der Waals surface area contributed by atoms with Gasteiger partial charge >= 0.3 is 0 Å². The molecule has 0 bridgehead atoms. The van der Waals surface area contributed by atoms with Crippen LogP contribution in [0.5, 0.6) is 0 Å². The van der Waals surface area contributed by atoms with Gasteiger partial charge in [-0.3, -0.25) is 0 Å². The summed E-state index contributed by atoms with van der Waals surface area (Å²) in [6.07, 6.45) is 2.19. The van der Waals surface area contributed by atoms with Crippen molar-refractivity contribution in [3.05, 3.63) is 25.2 Å². The van der Waals surface area contributed by atoms with Gasteiger partial charge in [0.2, 0.25) is 0 Å². The zero-order valence-corrected chi connectivity index (χ0v) is 7.18. The highest BCUT2D eigenvalue weighted by Gasteiger charge is 2.12. The van der Waals surface area contributed by atoms with Gasteiger partial charge in [0.05, 0.1) is 12.2 Å². The van der Waals surface area contributed by atoms with Crippen LogP contribution in [0, 0.1) is 11.3 Å². The molecule has 0 aliphatic heterocycles. The second-order valence-corrected chi connectivity index (χ2v) is 2.39. The van der Waals surface area contributed by atoms with Gasteiger partial charge in [-0.25, -0.2) is 0 Å². The summed E-state index contributed by atoms with van der Waals surface area (Å²) in [7, 11) is 0. The Kier molecular flexibility index (Phi) is 4.27. The summed E-state index contributed by atoms with van der Waals surface area (Å²) in [6.45, 7) is 10.9. The quantitative estimate of drug-likeness (QED) is 0.478. The molecule has 0 aromatic rings. The average molecular weight is 153 g/mol. The fourth-order valence-corrected chi connectivity index (χ4v) is 0.965. The Morgan fingerprint density at radius 3 is 2.55 bits per heavy atom. The minimum atomic E-state index is 0.0352. The molecule has 0 spiro atoms. The third kappa shape index (κ3) is 3.03. The van der Waals surface area contributed by atoms with Crippen LogP contribution in [0.2, 0.25) is 0 Å². The highest BCUT2D eigenvalue weighted by atomic mass is 16.5. The van der Waals surface area contributed by atoms with Gasteiger partial charge in [-0.05, 0) is 13.3 Å². The van der Waals surface area contributed by atoms with E-state index in [0.717, 1.165) is 6.42 Å². The molecule has 0 saturated heterocycles. The lowest BCUT2D eigenvalue weighted by molar-refractivity contribution is 0.315. The smallest absolute Gasteiger partial charge is 0.105 e. The van der Waals surface area contributed by atoms with Crippen molar-refractivity contribution < 1.29 is 4.74 Å². The van der Waals surface area contributed by atoms with Gasteiger partial charge in [-0.15, -0.1) is 0 Å². The molecule has 0 amide bonds. The molecule has 0 aliphatic carbocycles. The monoisotopic (exact) mass is 153 g/mol. The van der Waals surface area contributed by atoms with Crippen molar-refractivity contribution in [1.29, 1.82) is 5.41 Å². The second-order valence-electron chi connectivity index (χ2n) is 2.39. The third-order valence-corrected chi connectivity index (χ3v) is 1.55. The van der Waals surface area contributed by atoms with Gasteiger partial charge in [0, 0.05) is 5.71 Å². The highest BCUT2D eigenvalue weighted by Crippen LogP contribution is 2.15. The van der Waals surface area contributed by atoms with E-state index in [9.17, 15) is 0 Å². The van der Waals surface area contributed by atoms with Crippen LogP contribution in [0.1, 0.15) is 20.3 Å². The van der Waals surface area contributed by atoms with E-state index in [1.165, 1.54) is 6.26 Å². The van der Waals surface area contributed by atoms with Gasteiger partial charge in [-0.1, -0.05) is 20.1 Å². The Hall–Kier alpha value is -1.05. The molecule has 0 aromatic carbocycles. The fourth-order valence-electron chi connectivity index (χ4n) is 0.965. The molecule has 0 fully saturated rings. The number of ether oxygens (including phenoxy) is 1. The highest BCUT2D eigenvalue weighted by molar-refractivity contribution is 5.83. The van der Waals surface area contributed by atoms with E-state index in [4.69, 9.17) is 10.1 Å². The maximum absolute atomic E-state index is 7.39. The topological polar surface area (TPSA) is 33.1 Å². The lowest BCUT2D eigenvalue weighted by Gasteiger charge is -2.14. The van der Waals surface area contributed by atoms with E-state index in [1.54, 1.807) is 6.92 Å². The van der Waals surface area contributed by atoms with E-state index in [-0.39, 0.29) is 5.92 Å². The molecule has 0 aliphatic rings. The predicted molar refractivity (Wildman–Crippen MR) is 47.6 cm³/mol. The molecule has 0 radical (unpaired) electrons. The molecular weight excluding hydrogens is 138 g/mol. The number of allylic oxidation sites excluding steroid dienone is 1. The summed E-state index contributed by atoms with van der Waals surface area (Å²) in [5, 5.41) is 7.39. The Morgan fingerprint density at radius 1 is 1.73 bits per heavy atom. The van der Waals surface area contributed by atoms with Crippen molar-refractivity contribution in [2.75, 3.05) is 0 Å². The Balaban J connectivity index is 4.13.